The van der Waals surface area contributed by atoms with E-state index in [1.165, 1.54) is 6.07 Å². The molecule has 2 heterocycles. The van der Waals surface area contributed by atoms with Crippen LogP contribution in [0.2, 0.25) is 0 Å². The highest BCUT2D eigenvalue weighted by atomic mass is 16.6. The molecule has 0 atom stereocenters. The molecule has 136 valence electrons. The second kappa shape index (κ2) is 6.96. The average Bonchev–Trinajstić information content (AvgIpc) is 2.52. The van der Waals surface area contributed by atoms with Gasteiger partial charge in [0.25, 0.3) is 0 Å². The normalized spacial score (nSPS) is 15.0. The number of piperazine rings is 1. The monoisotopic (exact) mass is 351 g/mol. The number of amides is 1. The molecule has 2 rings (SSSR count). The molecule has 0 spiro atoms. The molecule has 1 aliphatic rings. The Morgan fingerprint density at radius 2 is 1.60 bits per heavy atom. The van der Waals surface area contributed by atoms with E-state index in [0.717, 1.165) is 6.20 Å². The number of nitrogens with zero attached hydrogens (tertiary/aromatic N) is 3. The van der Waals surface area contributed by atoms with Crippen molar-refractivity contribution in [2.24, 2.45) is 0 Å². The zero-order valence-corrected chi connectivity index (χ0v) is 14.4. The van der Waals surface area contributed by atoms with Gasteiger partial charge in [0.2, 0.25) is 0 Å². The second-order valence-electron chi connectivity index (χ2n) is 6.65. The zero-order chi connectivity index (χ0) is 18.8. The topological polar surface area (TPSA) is 120 Å². The number of pyridine rings is 1. The van der Waals surface area contributed by atoms with Gasteiger partial charge in [-0.1, -0.05) is 0 Å². The van der Waals surface area contributed by atoms with Gasteiger partial charge in [-0.25, -0.2) is 19.4 Å². The molecule has 25 heavy (non-hydrogen) atoms. The quantitative estimate of drug-likeness (QED) is 0.841. The number of carboxylic acid groups (broad SMARTS) is 2. The van der Waals surface area contributed by atoms with Gasteiger partial charge in [-0.05, 0) is 26.8 Å². The Morgan fingerprint density at radius 1 is 1.04 bits per heavy atom. The van der Waals surface area contributed by atoms with Gasteiger partial charge in [-0.2, -0.15) is 0 Å². The first-order chi connectivity index (χ1) is 11.6. The lowest BCUT2D eigenvalue weighted by atomic mass is 10.1. The molecular formula is C16H21N3O6. The predicted octanol–water partition coefficient (Wildman–Crippen LogP) is 1.54. The van der Waals surface area contributed by atoms with Crippen molar-refractivity contribution >= 4 is 23.8 Å². The maximum absolute atomic E-state index is 12.0. The summed E-state index contributed by atoms with van der Waals surface area (Å²) >= 11 is 0. The highest BCUT2D eigenvalue weighted by Crippen LogP contribution is 2.19. The van der Waals surface area contributed by atoms with E-state index in [9.17, 15) is 19.5 Å². The van der Waals surface area contributed by atoms with E-state index in [-0.39, 0.29) is 11.1 Å². The van der Waals surface area contributed by atoms with Gasteiger partial charge in [0.1, 0.15) is 11.4 Å². The van der Waals surface area contributed by atoms with Crippen LogP contribution in [0.15, 0.2) is 12.3 Å². The van der Waals surface area contributed by atoms with E-state index in [1.54, 1.807) is 30.6 Å². The Hall–Kier alpha value is -2.84. The molecule has 0 bridgehead atoms. The molecule has 1 amide bonds. The van der Waals surface area contributed by atoms with Gasteiger partial charge < -0.3 is 24.7 Å². The highest BCUT2D eigenvalue weighted by Gasteiger charge is 2.27. The van der Waals surface area contributed by atoms with E-state index < -0.39 is 23.6 Å². The van der Waals surface area contributed by atoms with Crippen molar-refractivity contribution in [2.75, 3.05) is 31.1 Å². The van der Waals surface area contributed by atoms with E-state index in [4.69, 9.17) is 9.84 Å². The lowest BCUT2D eigenvalue weighted by Gasteiger charge is -2.36. The summed E-state index contributed by atoms with van der Waals surface area (Å²) in [6.45, 7) is 7.07. The summed E-state index contributed by atoms with van der Waals surface area (Å²) in [4.78, 5) is 41.8. The van der Waals surface area contributed by atoms with Crippen LogP contribution in [0, 0.1) is 0 Å². The molecule has 2 N–H and O–H groups in total. The summed E-state index contributed by atoms with van der Waals surface area (Å²) in [5.41, 5.74) is -1.24. The number of rotatable bonds is 3. The molecule has 0 aliphatic carbocycles. The first kappa shape index (κ1) is 18.5. The molecule has 0 radical (unpaired) electrons. The van der Waals surface area contributed by atoms with E-state index in [1.807, 2.05) is 0 Å². The summed E-state index contributed by atoms with van der Waals surface area (Å²) < 4.78 is 5.32. The van der Waals surface area contributed by atoms with Crippen molar-refractivity contribution in [3.63, 3.8) is 0 Å². The van der Waals surface area contributed by atoms with Crippen LogP contribution in [0.3, 0.4) is 0 Å². The Labute approximate surface area is 144 Å². The average molecular weight is 351 g/mol. The van der Waals surface area contributed by atoms with Gasteiger partial charge in [-0.15, -0.1) is 0 Å². The van der Waals surface area contributed by atoms with Crippen LogP contribution >= 0.6 is 0 Å². The summed E-state index contributed by atoms with van der Waals surface area (Å²) in [6, 6.07) is 1.24. The maximum Gasteiger partial charge on any atom is 0.410 e. The van der Waals surface area contributed by atoms with Crippen molar-refractivity contribution in [3.8, 4) is 0 Å². The van der Waals surface area contributed by atoms with Gasteiger partial charge in [0, 0.05) is 32.4 Å². The Kier molecular flexibility index (Phi) is 5.15. The highest BCUT2D eigenvalue weighted by molar-refractivity contribution is 6.01. The number of ether oxygens (including phenoxy) is 1. The van der Waals surface area contributed by atoms with Crippen LogP contribution < -0.4 is 4.90 Å². The molecule has 1 aliphatic heterocycles. The van der Waals surface area contributed by atoms with E-state index in [0.29, 0.717) is 32.0 Å². The number of carboxylic acids is 2. The molecule has 1 aromatic rings. The molecule has 0 saturated carbocycles. The molecular weight excluding hydrogens is 330 g/mol. The molecule has 1 fully saturated rings. The van der Waals surface area contributed by atoms with Crippen molar-refractivity contribution in [1.29, 1.82) is 0 Å². The molecule has 1 aromatic heterocycles. The van der Waals surface area contributed by atoms with Crippen LogP contribution in [-0.2, 0) is 4.74 Å². The van der Waals surface area contributed by atoms with Crippen molar-refractivity contribution < 1.29 is 29.3 Å². The third-order valence-electron chi connectivity index (χ3n) is 3.61. The van der Waals surface area contributed by atoms with Crippen LogP contribution in [0.1, 0.15) is 41.5 Å². The first-order valence-corrected chi connectivity index (χ1v) is 7.78. The molecule has 9 nitrogen and oxygen atoms in total. The van der Waals surface area contributed by atoms with E-state index >= 15 is 0 Å². The number of hydrogen-bond acceptors (Lipinski definition) is 6. The number of carbonyl (C=O) groups excluding carboxylic acids is 1. The summed E-state index contributed by atoms with van der Waals surface area (Å²) in [5.74, 6) is -2.30. The minimum absolute atomic E-state index is 0.313. The zero-order valence-electron chi connectivity index (χ0n) is 14.4. The third kappa shape index (κ3) is 4.59. The van der Waals surface area contributed by atoms with Gasteiger partial charge in [0.15, 0.2) is 0 Å². The maximum atomic E-state index is 12.0. The van der Waals surface area contributed by atoms with Gasteiger partial charge in [0.05, 0.1) is 11.1 Å². The number of aromatic carboxylic acids is 2. The fourth-order valence-corrected chi connectivity index (χ4v) is 2.41. The fourth-order valence-electron chi connectivity index (χ4n) is 2.41. The number of hydrogen-bond donors (Lipinski definition) is 2. The lowest BCUT2D eigenvalue weighted by Crippen LogP contribution is -2.50. The summed E-state index contributed by atoms with van der Waals surface area (Å²) in [6.07, 6.45) is 0.647. The Morgan fingerprint density at radius 3 is 2.08 bits per heavy atom. The minimum Gasteiger partial charge on any atom is -0.478 e. The van der Waals surface area contributed by atoms with Crippen LogP contribution in [0.25, 0.3) is 0 Å². The second-order valence-corrected chi connectivity index (χ2v) is 6.65. The van der Waals surface area contributed by atoms with E-state index in [2.05, 4.69) is 4.98 Å². The van der Waals surface area contributed by atoms with Crippen LogP contribution in [-0.4, -0.2) is 69.9 Å². The fraction of sp³-hybridized carbons (Fsp3) is 0.500. The number of aromatic nitrogens is 1. The third-order valence-corrected chi connectivity index (χ3v) is 3.61. The summed E-state index contributed by atoms with van der Waals surface area (Å²) in [5, 5.41) is 18.2. The molecule has 0 aromatic carbocycles. The van der Waals surface area contributed by atoms with Crippen molar-refractivity contribution in [2.45, 2.75) is 26.4 Å². The molecule has 9 heteroatoms. The van der Waals surface area contributed by atoms with Crippen molar-refractivity contribution in [3.05, 3.63) is 23.4 Å². The lowest BCUT2D eigenvalue weighted by molar-refractivity contribution is 0.0240. The van der Waals surface area contributed by atoms with Gasteiger partial charge >= 0.3 is 18.0 Å². The first-order valence-electron chi connectivity index (χ1n) is 7.78. The standard InChI is InChI=1S/C16H21N3O6/c1-16(2,3)25-15(24)19-6-4-18(5-7-19)12-8-10(13(20)21)11(9-17-12)14(22)23/h8-9H,4-7H2,1-3H3,(H,20,21)(H,22,23). The van der Waals surface area contributed by atoms with Crippen LogP contribution in [0.4, 0.5) is 10.6 Å². The molecule has 0 unspecified atom stereocenters. The van der Waals surface area contributed by atoms with Crippen LogP contribution in [0.5, 0.6) is 0 Å². The predicted molar refractivity (Wildman–Crippen MR) is 88.2 cm³/mol. The number of carbonyl (C=O) groups is 3. The molecule has 1 saturated heterocycles. The number of anilines is 1. The Bertz CT molecular complexity index is 690. The smallest absolute Gasteiger partial charge is 0.410 e. The van der Waals surface area contributed by atoms with Gasteiger partial charge in [-0.3, -0.25) is 0 Å². The SMILES string of the molecule is CC(C)(C)OC(=O)N1CCN(c2cc(C(=O)O)c(C(=O)O)cn2)CC1. The minimum atomic E-state index is -1.34. The largest absolute Gasteiger partial charge is 0.478 e. The Balaban J connectivity index is 2.08. The summed E-state index contributed by atoms with van der Waals surface area (Å²) in [7, 11) is 0. The van der Waals surface area contributed by atoms with Crippen molar-refractivity contribution in [1.82, 2.24) is 9.88 Å².